The van der Waals surface area contributed by atoms with Gasteiger partial charge in [-0.3, -0.25) is 9.59 Å². The number of ketones is 2. The van der Waals surface area contributed by atoms with Gasteiger partial charge in [-0.05, 0) is 38.3 Å². The molecule has 2 heteroatoms. The van der Waals surface area contributed by atoms with E-state index in [4.69, 9.17) is 0 Å². The molecule has 2 rings (SSSR count). The molecule has 0 aromatic rings. The first-order chi connectivity index (χ1) is 6.95. The number of fused-ring (bicyclic) bond motifs is 1. The van der Waals surface area contributed by atoms with Gasteiger partial charge in [0.25, 0.3) is 0 Å². The molecular formula is C13H16O2. The Balaban J connectivity index is 2.48. The second-order valence-corrected chi connectivity index (χ2v) is 4.98. The summed E-state index contributed by atoms with van der Waals surface area (Å²) in [6.45, 7) is 5.70. The second kappa shape index (κ2) is 3.16. The fourth-order valence-corrected chi connectivity index (χ4v) is 2.52. The largest absolute Gasteiger partial charge is 0.294 e. The van der Waals surface area contributed by atoms with Crippen LogP contribution in [0.15, 0.2) is 23.3 Å². The number of carbonyl (C=O) groups excluding carboxylic acids is 2. The molecule has 0 fully saturated rings. The predicted octanol–water partition coefficient (Wildman–Crippen LogP) is 2.45. The van der Waals surface area contributed by atoms with Crippen LogP contribution >= 0.6 is 0 Å². The van der Waals surface area contributed by atoms with E-state index in [-0.39, 0.29) is 17.5 Å². The molecule has 15 heavy (non-hydrogen) atoms. The van der Waals surface area contributed by atoms with Gasteiger partial charge in [-0.1, -0.05) is 18.6 Å². The van der Waals surface area contributed by atoms with Crippen molar-refractivity contribution in [3.8, 4) is 0 Å². The molecule has 0 saturated heterocycles. The molecule has 0 amide bonds. The minimum atomic E-state index is -0.476. The highest BCUT2D eigenvalue weighted by atomic mass is 16.1. The molecule has 0 spiro atoms. The van der Waals surface area contributed by atoms with Gasteiger partial charge in [-0.25, -0.2) is 0 Å². The summed E-state index contributed by atoms with van der Waals surface area (Å²) in [4.78, 5) is 24.0. The van der Waals surface area contributed by atoms with Crippen LogP contribution in [0.2, 0.25) is 0 Å². The Morgan fingerprint density at radius 1 is 1.33 bits per heavy atom. The molecular weight excluding hydrogens is 188 g/mol. The first kappa shape index (κ1) is 10.3. The highest BCUT2D eigenvalue weighted by Gasteiger charge is 2.47. The molecule has 2 atom stereocenters. The summed E-state index contributed by atoms with van der Waals surface area (Å²) >= 11 is 0. The van der Waals surface area contributed by atoms with Crippen LogP contribution in [-0.4, -0.2) is 11.6 Å². The van der Waals surface area contributed by atoms with Crippen LogP contribution in [0.1, 0.15) is 33.6 Å². The average Bonchev–Trinajstić information content (AvgIpc) is 2.18. The van der Waals surface area contributed by atoms with Gasteiger partial charge in [0.15, 0.2) is 11.6 Å². The van der Waals surface area contributed by atoms with Crippen LogP contribution in [0.3, 0.4) is 0 Å². The van der Waals surface area contributed by atoms with E-state index in [1.807, 2.05) is 13.8 Å². The van der Waals surface area contributed by atoms with Crippen molar-refractivity contribution in [1.82, 2.24) is 0 Å². The second-order valence-electron chi connectivity index (χ2n) is 4.98. The summed E-state index contributed by atoms with van der Waals surface area (Å²) in [5.41, 5.74) is 1.38. The Labute approximate surface area is 90.1 Å². The van der Waals surface area contributed by atoms with Gasteiger partial charge in [0.2, 0.25) is 0 Å². The van der Waals surface area contributed by atoms with E-state index in [0.717, 1.165) is 6.42 Å². The summed E-state index contributed by atoms with van der Waals surface area (Å²) in [5.74, 6) is 0.151. The fraction of sp³-hybridized carbons (Fsp3) is 0.538. The van der Waals surface area contributed by atoms with Gasteiger partial charge < -0.3 is 0 Å². The van der Waals surface area contributed by atoms with E-state index in [1.54, 1.807) is 6.92 Å². The highest BCUT2D eigenvalue weighted by Crippen LogP contribution is 2.45. The summed E-state index contributed by atoms with van der Waals surface area (Å²) in [7, 11) is 0. The molecule has 0 aliphatic heterocycles. The lowest BCUT2D eigenvalue weighted by Crippen LogP contribution is -2.44. The van der Waals surface area contributed by atoms with E-state index in [1.165, 1.54) is 11.6 Å². The molecule has 0 heterocycles. The Bertz CT molecular complexity index is 401. The average molecular weight is 204 g/mol. The third-order valence-electron chi connectivity index (χ3n) is 3.79. The quantitative estimate of drug-likeness (QED) is 0.568. The SMILES string of the molecule is CC1=CC[C@]2(C)C(=O)C=C(C)C(=O)[C@@H]2C1. The summed E-state index contributed by atoms with van der Waals surface area (Å²) < 4.78 is 0. The topological polar surface area (TPSA) is 34.1 Å². The van der Waals surface area contributed by atoms with Crippen LogP contribution in [0.5, 0.6) is 0 Å². The number of hydrogen-bond donors (Lipinski definition) is 0. The minimum absolute atomic E-state index is 0.119. The molecule has 0 aromatic heterocycles. The maximum atomic E-state index is 12.0. The Morgan fingerprint density at radius 3 is 2.67 bits per heavy atom. The third-order valence-corrected chi connectivity index (χ3v) is 3.79. The molecule has 0 saturated carbocycles. The van der Waals surface area contributed by atoms with Crippen molar-refractivity contribution in [3.63, 3.8) is 0 Å². The van der Waals surface area contributed by atoms with Crippen molar-refractivity contribution in [2.45, 2.75) is 33.6 Å². The maximum absolute atomic E-state index is 12.0. The van der Waals surface area contributed by atoms with E-state index < -0.39 is 5.41 Å². The van der Waals surface area contributed by atoms with Gasteiger partial charge in [0.05, 0.1) is 0 Å². The van der Waals surface area contributed by atoms with Crippen molar-refractivity contribution >= 4 is 11.6 Å². The Morgan fingerprint density at radius 2 is 2.00 bits per heavy atom. The third kappa shape index (κ3) is 1.39. The van der Waals surface area contributed by atoms with Crippen molar-refractivity contribution < 1.29 is 9.59 Å². The summed E-state index contributed by atoms with van der Waals surface area (Å²) in [6, 6.07) is 0. The number of hydrogen-bond acceptors (Lipinski definition) is 2. The summed E-state index contributed by atoms with van der Waals surface area (Å²) in [6.07, 6.45) is 5.06. The first-order valence-corrected chi connectivity index (χ1v) is 5.38. The molecule has 0 N–H and O–H groups in total. The number of allylic oxidation sites excluding steroid dienone is 4. The van der Waals surface area contributed by atoms with Crippen molar-refractivity contribution in [2.24, 2.45) is 11.3 Å². The van der Waals surface area contributed by atoms with E-state index >= 15 is 0 Å². The van der Waals surface area contributed by atoms with Crippen LogP contribution in [0.25, 0.3) is 0 Å². The number of rotatable bonds is 0. The maximum Gasteiger partial charge on any atom is 0.163 e. The van der Waals surface area contributed by atoms with Gasteiger partial charge in [-0.2, -0.15) is 0 Å². The van der Waals surface area contributed by atoms with Crippen molar-refractivity contribution in [3.05, 3.63) is 23.3 Å². The standard InChI is InChI=1S/C13H16O2/c1-8-4-5-13(3)10(6-8)12(15)9(2)7-11(13)14/h4,7,10H,5-6H2,1-3H3/t10-,13-/m0/s1. The van der Waals surface area contributed by atoms with Crippen LogP contribution in [0, 0.1) is 11.3 Å². The molecule has 0 aromatic carbocycles. The first-order valence-electron chi connectivity index (χ1n) is 5.38. The number of Topliss-reactive ketones (excluding diaryl/α,β-unsaturated/α-hetero) is 1. The molecule has 2 aliphatic rings. The zero-order chi connectivity index (χ0) is 11.2. The lowest BCUT2D eigenvalue weighted by molar-refractivity contribution is -0.136. The lowest BCUT2D eigenvalue weighted by Gasteiger charge is -2.40. The molecule has 2 nitrogen and oxygen atoms in total. The Kier molecular flexibility index (Phi) is 2.18. The molecule has 0 radical (unpaired) electrons. The molecule has 0 unspecified atom stereocenters. The molecule has 80 valence electrons. The molecule has 0 bridgehead atoms. The fourth-order valence-electron chi connectivity index (χ4n) is 2.52. The van der Waals surface area contributed by atoms with E-state index in [2.05, 4.69) is 6.08 Å². The predicted molar refractivity (Wildman–Crippen MR) is 58.4 cm³/mol. The zero-order valence-corrected chi connectivity index (χ0v) is 9.46. The summed E-state index contributed by atoms with van der Waals surface area (Å²) in [5, 5.41) is 0. The van der Waals surface area contributed by atoms with Gasteiger partial charge in [-0.15, -0.1) is 0 Å². The van der Waals surface area contributed by atoms with Crippen molar-refractivity contribution in [2.75, 3.05) is 0 Å². The normalized spacial score (nSPS) is 35.8. The highest BCUT2D eigenvalue weighted by molar-refractivity contribution is 6.12. The van der Waals surface area contributed by atoms with Gasteiger partial charge in [0, 0.05) is 11.3 Å². The lowest BCUT2D eigenvalue weighted by atomic mass is 9.61. The monoisotopic (exact) mass is 204 g/mol. The van der Waals surface area contributed by atoms with Crippen LogP contribution in [-0.2, 0) is 9.59 Å². The van der Waals surface area contributed by atoms with E-state index in [9.17, 15) is 9.59 Å². The smallest absolute Gasteiger partial charge is 0.163 e. The van der Waals surface area contributed by atoms with Crippen LogP contribution < -0.4 is 0 Å². The van der Waals surface area contributed by atoms with E-state index in [0.29, 0.717) is 12.0 Å². The van der Waals surface area contributed by atoms with Gasteiger partial charge >= 0.3 is 0 Å². The molecule has 2 aliphatic carbocycles. The minimum Gasteiger partial charge on any atom is -0.294 e. The van der Waals surface area contributed by atoms with Crippen molar-refractivity contribution in [1.29, 1.82) is 0 Å². The zero-order valence-electron chi connectivity index (χ0n) is 9.46. The Hall–Kier alpha value is -1.18. The van der Waals surface area contributed by atoms with Gasteiger partial charge in [0.1, 0.15) is 0 Å². The number of carbonyl (C=O) groups is 2. The van der Waals surface area contributed by atoms with Crippen LogP contribution in [0.4, 0.5) is 0 Å².